The Hall–Kier alpha value is -1.18. The first kappa shape index (κ1) is 13.3. The second kappa shape index (κ2) is 6.12. The van der Waals surface area contributed by atoms with Gasteiger partial charge in [0.25, 0.3) is 0 Å². The van der Waals surface area contributed by atoms with Crippen molar-refractivity contribution in [3.05, 3.63) is 32.8 Å². The molecule has 0 saturated carbocycles. The average Bonchev–Trinajstić information content (AvgIpc) is 2.37. The number of morpholine rings is 1. The number of nitrogens with zero attached hydrogens (tertiary/aromatic N) is 1. The number of hydrogen-bond acceptors (Lipinski definition) is 5. The number of nitro groups is 1. The molecular formula is C11H13BrN2O4. The first-order valence-corrected chi connectivity index (χ1v) is 6.35. The maximum Gasteiger partial charge on any atom is 0.310 e. The summed E-state index contributed by atoms with van der Waals surface area (Å²) in [6, 6.07) is 4.62. The predicted octanol–water partition coefficient (Wildman–Crippen LogP) is 1.72. The molecular weight excluding hydrogens is 304 g/mol. The Labute approximate surface area is 113 Å². The molecule has 0 radical (unpaired) electrons. The van der Waals surface area contributed by atoms with E-state index in [0.717, 1.165) is 11.0 Å². The van der Waals surface area contributed by atoms with Crippen molar-refractivity contribution in [2.24, 2.45) is 0 Å². The van der Waals surface area contributed by atoms with Crippen LogP contribution in [-0.4, -0.2) is 37.3 Å². The molecule has 0 aromatic heterocycles. The molecule has 0 spiro atoms. The van der Waals surface area contributed by atoms with Crippen LogP contribution >= 0.6 is 15.9 Å². The lowest BCUT2D eigenvalue weighted by atomic mass is 10.3. The molecule has 1 atom stereocenters. The number of ether oxygens (including phenoxy) is 2. The van der Waals surface area contributed by atoms with Gasteiger partial charge in [-0.15, -0.1) is 0 Å². The van der Waals surface area contributed by atoms with Gasteiger partial charge in [0, 0.05) is 29.7 Å². The summed E-state index contributed by atoms with van der Waals surface area (Å²) in [5.74, 6) is 0.253. The van der Waals surface area contributed by atoms with Crippen molar-refractivity contribution in [1.82, 2.24) is 5.32 Å². The lowest BCUT2D eigenvalue weighted by Gasteiger charge is -2.23. The van der Waals surface area contributed by atoms with Crippen molar-refractivity contribution >= 4 is 21.6 Å². The monoisotopic (exact) mass is 316 g/mol. The zero-order chi connectivity index (χ0) is 13.0. The smallest absolute Gasteiger partial charge is 0.310 e. The molecule has 1 N–H and O–H groups in total. The van der Waals surface area contributed by atoms with E-state index < -0.39 is 4.92 Å². The second-order valence-electron chi connectivity index (χ2n) is 3.88. The van der Waals surface area contributed by atoms with Gasteiger partial charge in [0.05, 0.1) is 11.5 Å². The number of rotatable bonds is 4. The molecule has 7 heteroatoms. The Morgan fingerprint density at radius 2 is 2.44 bits per heavy atom. The number of hydrogen-bond donors (Lipinski definition) is 1. The first-order chi connectivity index (χ1) is 8.66. The SMILES string of the molecule is O=[N+]([O-])c1ccc(Br)cc1OCC1CNCCO1. The van der Waals surface area contributed by atoms with Crippen LogP contribution in [0.3, 0.4) is 0 Å². The van der Waals surface area contributed by atoms with Crippen LogP contribution in [0.4, 0.5) is 5.69 Å². The molecule has 1 heterocycles. The van der Waals surface area contributed by atoms with Crippen LogP contribution < -0.4 is 10.1 Å². The van der Waals surface area contributed by atoms with E-state index in [1.54, 1.807) is 12.1 Å². The molecule has 0 bridgehead atoms. The summed E-state index contributed by atoms with van der Waals surface area (Å²) in [6.07, 6.45) is -0.0719. The summed E-state index contributed by atoms with van der Waals surface area (Å²) < 4.78 is 11.7. The maximum absolute atomic E-state index is 10.9. The quantitative estimate of drug-likeness (QED) is 0.676. The van der Waals surface area contributed by atoms with E-state index in [-0.39, 0.29) is 17.5 Å². The fourth-order valence-electron chi connectivity index (χ4n) is 1.66. The molecule has 1 aromatic carbocycles. The number of benzene rings is 1. The van der Waals surface area contributed by atoms with E-state index in [1.807, 2.05) is 0 Å². The lowest BCUT2D eigenvalue weighted by Crippen LogP contribution is -2.41. The highest BCUT2D eigenvalue weighted by molar-refractivity contribution is 9.10. The topological polar surface area (TPSA) is 73.6 Å². The maximum atomic E-state index is 10.9. The minimum atomic E-state index is -0.457. The Balaban J connectivity index is 2.03. The highest BCUT2D eigenvalue weighted by atomic mass is 79.9. The Kier molecular flexibility index (Phi) is 4.51. The average molecular weight is 317 g/mol. The molecule has 1 aliphatic heterocycles. The van der Waals surface area contributed by atoms with E-state index in [0.29, 0.717) is 19.8 Å². The second-order valence-corrected chi connectivity index (χ2v) is 4.79. The van der Waals surface area contributed by atoms with Crippen molar-refractivity contribution in [3.63, 3.8) is 0 Å². The number of nitrogens with one attached hydrogen (secondary N) is 1. The molecule has 1 unspecified atom stereocenters. The Bertz CT molecular complexity index is 435. The standard InChI is InChI=1S/C11H13BrN2O4/c12-8-1-2-10(14(15)16)11(5-8)18-7-9-6-13-3-4-17-9/h1-2,5,9,13H,3-4,6-7H2. The predicted molar refractivity (Wildman–Crippen MR) is 68.9 cm³/mol. The van der Waals surface area contributed by atoms with Crippen molar-refractivity contribution in [1.29, 1.82) is 0 Å². The minimum Gasteiger partial charge on any atom is -0.484 e. The van der Waals surface area contributed by atoms with Crippen LogP contribution in [0.5, 0.6) is 5.75 Å². The van der Waals surface area contributed by atoms with E-state index >= 15 is 0 Å². The van der Waals surface area contributed by atoms with Crippen molar-refractivity contribution in [2.45, 2.75) is 6.10 Å². The number of halogens is 1. The molecule has 6 nitrogen and oxygen atoms in total. The molecule has 1 aromatic rings. The van der Waals surface area contributed by atoms with Gasteiger partial charge in [-0.2, -0.15) is 0 Å². The van der Waals surface area contributed by atoms with E-state index in [1.165, 1.54) is 6.07 Å². The molecule has 1 fully saturated rings. The summed E-state index contributed by atoms with van der Waals surface area (Å²) >= 11 is 3.27. The van der Waals surface area contributed by atoms with Gasteiger partial charge >= 0.3 is 5.69 Å². The zero-order valence-electron chi connectivity index (χ0n) is 9.60. The van der Waals surface area contributed by atoms with Gasteiger partial charge in [0.15, 0.2) is 5.75 Å². The van der Waals surface area contributed by atoms with Crippen LogP contribution in [0.2, 0.25) is 0 Å². The van der Waals surface area contributed by atoms with Crippen LogP contribution in [0.25, 0.3) is 0 Å². The van der Waals surface area contributed by atoms with Gasteiger partial charge in [-0.25, -0.2) is 0 Å². The zero-order valence-corrected chi connectivity index (χ0v) is 11.2. The van der Waals surface area contributed by atoms with Crippen LogP contribution in [0, 0.1) is 10.1 Å². The summed E-state index contributed by atoms with van der Waals surface area (Å²) in [4.78, 5) is 10.4. The van der Waals surface area contributed by atoms with Gasteiger partial charge in [0.2, 0.25) is 0 Å². The molecule has 2 rings (SSSR count). The first-order valence-electron chi connectivity index (χ1n) is 5.56. The third-order valence-corrected chi connectivity index (χ3v) is 3.04. The third-order valence-electron chi connectivity index (χ3n) is 2.55. The van der Waals surface area contributed by atoms with Gasteiger partial charge in [-0.1, -0.05) is 15.9 Å². The third kappa shape index (κ3) is 3.41. The van der Waals surface area contributed by atoms with E-state index in [2.05, 4.69) is 21.2 Å². The molecule has 1 aliphatic rings. The molecule has 18 heavy (non-hydrogen) atoms. The van der Waals surface area contributed by atoms with Crippen molar-refractivity contribution in [3.8, 4) is 5.75 Å². The lowest BCUT2D eigenvalue weighted by molar-refractivity contribution is -0.386. The van der Waals surface area contributed by atoms with Crippen LogP contribution in [-0.2, 0) is 4.74 Å². The molecule has 98 valence electrons. The molecule has 0 aliphatic carbocycles. The van der Waals surface area contributed by atoms with Gasteiger partial charge < -0.3 is 14.8 Å². The minimum absolute atomic E-state index is 0.0398. The summed E-state index contributed by atoms with van der Waals surface area (Å²) in [5.41, 5.74) is -0.0398. The molecule has 0 amide bonds. The molecule has 1 saturated heterocycles. The van der Waals surface area contributed by atoms with E-state index in [4.69, 9.17) is 9.47 Å². The fraction of sp³-hybridized carbons (Fsp3) is 0.455. The van der Waals surface area contributed by atoms with Crippen LogP contribution in [0.15, 0.2) is 22.7 Å². The Morgan fingerprint density at radius 1 is 1.61 bits per heavy atom. The number of nitro benzene ring substituents is 1. The van der Waals surface area contributed by atoms with Gasteiger partial charge in [0.1, 0.15) is 12.7 Å². The summed E-state index contributed by atoms with van der Waals surface area (Å²) in [7, 11) is 0. The van der Waals surface area contributed by atoms with Gasteiger partial charge in [-0.3, -0.25) is 10.1 Å². The largest absolute Gasteiger partial charge is 0.484 e. The Morgan fingerprint density at radius 3 is 3.11 bits per heavy atom. The van der Waals surface area contributed by atoms with Crippen molar-refractivity contribution in [2.75, 3.05) is 26.3 Å². The fourth-order valence-corrected chi connectivity index (χ4v) is 2.00. The van der Waals surface area contributed by atoms with Crippen molar-refractivity contribution < 1.29 is 14.4 Å². The normalized spacial score (nSPS) is 19.5. The van der Waals surface area contributed by atoms with Gasteiger partial charge in [-0.05, 0) is 6.07 Å². The van der Waals surface area contributed by atoms with Crippen LogP contribution in [0.1, 0.15) is 0 Å². The highest BCUT2D eigenvalue weighted by Crippen LogP contribution is 2.30. The summed E-state index contributed by atoms with van der Waals surface area (Å²) in [6.45, 7) is 2.45. The highest BCUT2D eigenvalue weighted by Gasteiger charge is 2.19. The summed E-state index contributed by atoms with van der Waals surface area (Å²) in [5, 5.41) is 14.0. The van der Waals surface area contributed by atoms with E-state index in [9.17, 15) is 10.1 Å².